The number of hydrogen-bond donors (Lipinski definition) is 3. The second-order valence-electron chi connectivity index (χ2n) is 6.12. The normalized spacial score (nSPS) is 10.6. The first-order valence-electron chi connectivity index (χ1n) is 7.18. The molecule has 0 radical (unpaired) electrons. The Morgan fingerprint density at radius 3 is 2.48 bits per heavy atom. The fourth-order valence-electron chi connectivity index (χ4n) is 1.76. The number of nitrogens with one attached hydrogen (secondary N) is 2. The van der Waals surface area contributed by atoms with Crippen LogP contribution in [-0.4, -0.2) is 23.1 Å². The molecule has 3 N–H and O–H groups in total. The summed E-state index contributed by atoms with van der Waals surface area (Å²) in [5.74, 6) is 6.45. The van der Waals surface area contributed by atoms with Gasteiger partial charge in [0.15, 0.2) is 0 Å². The van der Waals surface area contributed by atoms with Crippen molar-refractivity contribution in [2.24, 2.45) is 5.41 Å². The number of aromatic nitrogens is 1. The molecule has 0 atom stereocenters. The molecule has 1 aromatic heterocycles. The zero-order chi connectivity index (χ0) is 17.0. The summed E-state index contributed by atoms with van der Waals surface area (Å²) in [6, 6.07) is 5.27. The Morgan fingerprint density at radius 1 is 1.22 bits per heavy atom. The number of benzene rings is 1. The molecule has 0 aliphatic carbocycles. The summed E-state index contributed by atoms with van der Waals surface area (Å²) < 4.78 is 5.20. The first-order valence-corrected chi connectivity index (χ1v) is 7.18. The highest BCUT2D eigenvalue weighted by Gasteiger charge is 2.22. The van der Waals surface area contributed by atoms with Crippen LogP contribution in [0.4, 0.5) is 5.69 Å². The maximum Gasteiger partial charge on any atom is 0.229 e. The highest BCUT2D eigenvalue weighted by molar-refractivity contribution is 5.96. The summed E-state index contributed by atoms with van der Waals surface area (Å²) in [6.45, 7) is 5.52. The Bertz CT molecular complexity index is 774. The zero-order valence-electron chi connectivity index (χ0n) is 13.7. The number of aromatic amines is 1. The van der Waals surface area contributed by atoms with E-state index < -0.39 is 5.41 Å². The van der Waals surface area contributed by atoms with Crippen LogP contribution in [0.2, 0.25) is 0 Å². The fraction of sp³-hybridized carbons (Fsp3) is 0.278. The van der Waals surface area contributed by atoms with Gasteiger partial charge in [-0.25, -0.2) is 0 Å². The third-order valence-electron chi connectivity index (χ3n) is 3.21. The predicted octanol–water partition coefficient (Wildman–Crippen LogP) is 3.11. The molecule has 120 valence electrons. The lowest BCUT2D eigenvalue weighted by molar-refractivity contribution is -0.123. The van der Waals surface area contributed by atoms with Crippen LogP contribution >= 0.6 is 0 Å². The number of anilines is 1. The fourth-order valence-corrected chi connectivity index (χ4v) is 1.76. The topological polar surface area (TPSA) is 74.3 Å². The quantitative estimate of drug-likeness (QED) is 0.746. The van der Waals surface area contributed by atoms with Crippen molar-refractivity contribution < 1.29 is 14.6 Å². The average molecular weight is 312 g/mol. The Balaban J connectivity index is 2.38. The van der Waals surface area contributed by atoms with E-state index in [0.717, 1.165) is 0 Å². The van der Waals surface area contributed by atoms with Gasteiger partial charge in [0, 0.05) is 29.4 Å². The molecule has 23 heavy (non-hydrogen) atoms. The lowest BCUT2D eigenvalue weighted by atomic mass is 9.95. The first kappa shape index (κ1) is 16.5. The molecule has 1 aromatic carbocycles. The number of carbonyl (C=O) groups excluding carboxylic acids is 1. The van der Waals surface area contributed by atoms with E-state index >= 15 is 0 Å². The van der Waals surface area contributed by atoms with Crippen LogP contribution in [0, 0.1) is 17.3 Å². The van der Waals surface area contributed by atoms with Crippen molar-refractivity contribution in [3.63, 3.8) is 0 Å². The summed E-state index contributed by atoms with van der Waals surface area (Å²) in [5.41, 5.74) is 1.19. The van der Waals surface area contributed by atoms with Crippen LogP contribution in [0.15, 0.2) is 30.6 Å². The molecule has 5 nitrogen and oxygen atoms in total. The monoisotopic (exact) mass is 312 g/mol. The van der Waals surface area contributed by atoms with Crippen LogP contribution in [0.3, 0.4) is 0 Å². The predicted molar refractivity (Wildman–Crippen MR) is 89.5 cm³/mol. The molecular formula is C18H20N2O3. The van der Waals surface area contributed by atoms with E-state index in [1.165, 1.54) is 6.20 Å². The van der Waals surface area contributed by atoms with Gasteiger partial charge in [-0.05, 0) is 12.1 Å². The number of hydrogen-bond acceptors (Lipinski definition) is 3. The van der Waals surface area contributed by atoms with Crippen molar-refractivity contribution in [2.45, 2.75) is 20.8 Å². The van der Waals surface area contributed by atoms with Crippen molar-refractivity contribution in [3.05, 3.63) is 41.7 Å². The summed E-state index contributed by atoms with van der Waals surface area (Å²) in [5, 5.41) is 12.5. The molecule has 0 spiro atoms. The average Bonchev–Trinajstić information content (AvgIpc) is 2.90. The number of amides is 1. The van der Waals surface area contributed by atoms with Gasteiger partial charge in [0.1, 0.15) is 11.5 Å². The van der Waals surface area contributed by atoms with Crippen LogP contribution in [-0.2, 0) is 4.79 Å². The summed E-state index contributed by atoms with van der Waals surface area (Å²) >= 11 is 0. The van der Waals surface area contributed by atoms with Gasteiger partial charge in [-0.1, -0.05) is 32.6 Å². The number of carbonyl (C=O) groups is 1. The molecule has 1 amide bonds. The number of rotatable bonds is 2. The Kier molecular flexibility index (Phi) is 4.65. The number of H-pyrrole nitrogens is 1. The molecule has 2 aromatic rings. The van der Waals surface area contributed by atoms with Crippen LogP contribution in [0.5, 0.6) is 11.5 Å². The third kappa shape index (κ3) is 4.07. The second kappa shape index (κ2) is 6.49. The molecule has 0 saturated carbocycles. The minimum absolute atomic E-state index is 0.0892. The molecular weight excluding hydrogens is 292 g/mol. The van der Waals surface area contributed by atoms with Gasteiger partial charge in [0.2, 0.25) is 5.91 Å². The maximum atomic E-state index is 12.2. The summed E-state index contributed by atoms with van der Waals surface area (Å²) in [4.78, 5) is 15.0. The smallest absolute Gasteiger partial charge is 0.229 e. The van der Waals surface area contributed by atoms with E-state index in [1.54, 1.807) is 31.5 Å². The van der Waals surface area contributed by atoms with Crippen molar-refractivity contribution in [1.82, 2.24) is 4.98 Å². The molecule has 0 bridgehead atoms. The Morgan fingerprint density at radius 2 is 1.91 bits per heavy atom. The van der Waals surface area contributed by atoms with Gasteiger partial charge in [0.25, 0.3) is 0 Å². The van der Waals surface area contributed by atoms with Gasteiger partial charge >= 0.3 is 0 Å². The van der Waals surface area contributed by atoms with Crippen molar-refractivity contribution in [1.29, 1.82) is 0 Å². The third-order valence-corrected chi connectivity index (χ3v) is 3.21. The summed E-state index contributed by atoms with van der Waals surface area (Å²) in [6.07, 6.45) is 3.07. The van der Waals surface area contributed by atoms with E-state index in [2.05, 4.69) is 22.1 Å². The van der Waals surface area contributed by atoms with E-state index in [0.29, 0.717) is 22.6 Å². The van der Waals surface area contributed by atoms with E-state index in [1.807, 2.05) is 20.8 Å². The SMILES string of the molecule is COc1ccc(C#Cc2c[nH]cc2O)c(NC(=O)C(C)(C)C)c1. The van der Waals surface area contributed by atoms with Crippen LogP contribution in [0.1, 0.15) is 31.9 Å². The van der Waals surface area contributed by atoms with Gasteiger partial charge in [-0.3, -0.25) is 4.79 Å². The van der Waals surface area contributed by atoms with Gasteiger partial charge in [0.05, 0.1) is 18.4 Å². The number of ether oxygens (including phenoxy) is 1. The molecule has 1 heterocycles. The molecule has 0 aliphatic heterocycles. The van der Waals surface area contributed by atoms with Gasteiger partial charge < -0.3 is 20.1 Å². The molecule has 0 aliphatic rings. The molecule has 5 heteroatoms. The number of aromatic hydroxyl groups is 1. The van der Waals surface area contributed by atoms with E-state index in [9.17, 15) is 9.90 Å². The lowest BCUT2D eigenvalue weighted by Crippen LogP contribution is -2.28. The second-order valence-corrected chi connectivity index (χ2v) is 6.12. The van der Waals surface area contributed by atoms with Gasteiger partial charge in [-0.2, -0.15) is 0 Å². The Labute approximate surface area is 135 Å². The van der Waals surface area contributed by atoms with Crippen LogP contribution < -0.4 is 10.1 Å². The standard InChI is InChI=1S/C18H20N2O3/c1-18(2,3)17(22)20-15-9-14(23-4)8-7-12(15)5-6-13-10-19-11-16(13)21/h7-11,19,21H,1-4H3,(H,20,22). The molecule has 2 rings (SSSR count). The lowest BCUT2D eigenvalue weighted by Gasteiger charge is -2.18. The molecule has 0 unspecified atom stereocenters. The van der Waals surface area contributed by atoms with Crippen molar-refractivity contribution in [2.75, 3.05) is 12.4 Å². The minimum atomic E-state index is -0.521. The van der Waals surface area contributed by atoms with Gasteiger partial charge in [-0.15, -0.1) is 0 Å². The molecule has 0 fully saturated rings. The highest BCUT2D eigenvalue weighted by atomic mass is 16.5. The first-order chi connectivity index (χ1) is 10.8. The van der Waals surface area contributed by atoms with E-state index in [-0.39, 0.29) is 11.7 Å². The van der Waals surface area contributed by atoms with E-state index in [4.69, 9.17) is 4.74 Å². The number of methoxy groups -OCH3 is 1. The van der Waals surface area contributed by atoms with Crippen LogP contribution in [0.25, 0.3) is 0 Å². The minimum Gasteiger partial charge on any atom is -0.505 e. The molecule has 0 saturated heterocycles. The maximum absolute atomic E-state index is 12.2. The van der Waals surface area contributed by atoms with Crippen molar-refractivity contribution in [3.8, 4) is 23.3 Å². The Hall–Kier alpha value is -2.87. The zero-order valence-corrected chi connectivity index (χ0v) is 13.7. The highest BCUT2D eigenvalue weighted by Crippen LogP contribution is 2.25. The summed E-state index contributed by atoms with van der Waals surface area (Å²) in [7, 11) is 1.56. The van der Waals surface area contributed by atoms with Crippen molar-refractivity contribution >= 4 is 11.6 Å². The largest absolute Gasteiger partial charge is 0.505 e.